The van der Waals surface area contributed by atoms with Gasteiger partial charge in [0, 0.05) is 24.2 Å². The van der Waals surface area contributed by atoms with Crippen molar-refractivity contribution in [3.8, 4) is 0 Å². The predicted molar refractivity (Wildman–Crippen MR) is 99.8 cm³/mol. The summed E-state index contributed by atoms with van der Waals surface area (Å²) in [6, 6.07) is 6.09. The van der Waals surface area contributed by atoms with Gasteiger partial charge in [0.1, 0.15) is 0 Å². The van der Waals surface area contributed by atoms with Gasteiger partial charge in [0.15, 0.2) is 0 Å². The molecule has 0 fully saturated rings. The van der Waals surface area contributed by atoms with Crippen molar-refractivity contribution in [2.75, 3.05) is 11.9 Å². The maximum Gasteiger partial charge on any atom is 0.241 e. The molecule has 0 saturated carbocycles. The minimum atomic E-state index is -3.67. The zero-order chi connectivity index (χ0) is 17.7. The van der Waals surface area contributed by atoms with Crippen LogP contribution in [0.5, 0.6) is 0 Å². The Kier molecular flexibility index (Phi) is 8.91. The number of rotatable bonds is 8. The number of nitrogens with one attached hydrogen (secondary N) is 2. The van der Waals surface area contributed by atoms with E-state index in [1.54, 1.807) is 26.0 Å². The fourth-order valence-electron chi connectivity index (χ4n) is 2.42. The molecule has 0 bridgehead atoms. The molecule has 4 N–H and O–H groups in total. The van der Waals surface area contributed by atoms with E-state index in [-0.39, 0.29) is 29.8 Å². The molecule has 138 valence electrons. The van der Waals surface area contributed by atoms with Gasteiger partial charge in [-0.05, 0) is 43.5 Å². The molecule has 1 aromatic rings. The summed E-state index contributed by atoms with van der Waals surface area (Å²) in [6.07, 6.45) is 1.01. The topological polar surface area (TPSA) is 101 Å². The van der Waals surface area contributed by atoms with Crippen LogP contribution >= 0.6 is 12.4 Å². The number of benzene rings is 1. The third-order valence-corrected chi connectivity index (χ3v) is 5.11. The average molecular weight is 378 g/mol. The first kappa shape index (κ1) is 22.9. The molecule has 24 heavy (non-hydrogen) atoms. The Morgan fingerprint density at radius 2 is 1.79 bits per heavy atom. The molecule has 0 aliphatic heterocycles. The lowest BCUT2D eigenvalue weighted by atomic mass is 9.92. The van der Waals surface area contributed by atoms with Gasteiger partial charge in [0.2, 0.25) is 15.9 Å². The smallest absolute Gasteiger partial charge is 0.241 e. The Labute approximate surface area is 151 Å². The van der Waals surface area contributed by atoms with Crippen molar-refractivity contribution in [1.82, 2.24) is 4.72 Å². The number of sulfonamides is 1. The first-order valence-electron chi connectivity index (χ1n) is 7.76. The second kappa shape index (κ2) is 9.36. The zero-order valence-electron chi connectivity index (χ0n) is 14.6. The minimum absolute atomic E-state index is 0. The second-order valence-electron chi connectivity index (χ2n) is 6.39. The molecule has 0 spiro atoms. The van der Waals surface area contributed by atoms with E-state index >= 15 is 0 Å². The van der Waals surface area contributed by atoms with Gasteiger partial charge < -0.3 is 11.1 Å². The van der Waals surface area contributed by atoms with Crippen molar-refractivity contribution in [2.45, 2.75) is 51.0 Å². The van der Waals surface area contributed by atoms with E-state index in [1.165, 1.54) is 12.1 Å². The van der Waals surface area contributed by atoms with Gasteiger partial charge in [-0.25, -0.2) is 13.1 Å². The van der Waals surface area contributed by atoms with Crippen LogP contribution in [0, 0.1) is 5.92 Å². The lowest BCUT2D eigenvalue weighted by molar-refractivity contribution is -0.115. The Bertz CT molecular complexity index is 632. The SMILES string of the molecule is CCC(=O)Nc1ccc(S(=O)(=O)NC(C)(CN)CC(C)C)cc1.Cl. The van der Waals surface area contributed by atoms with Crippen molar-refractivity contribution in [1.29, 1.82) is 0 Å². The molecule has 0 aromatic heterocycles. The molecule has 1 rings (SSSR count). The van der Waals surface area contributed by atoms with Crippen LogP contribution in [0.4, 0.5) is 5.69 Å². The van der Waals surface area contributed by atoms with Gasteiger partial charge in [-0.2, -0.15) is 0 Å². The molecule has 8 heteroatoms. The monoisotopic (exact) mass is 377 g/mol. The zero-order valence-corrected chi connectivity index (χ0v) is 16.3. The van der Waals surface area contributed by atoms with E-state index in [9.17, 15) is 13.2 Å². The summed E-state index contributed by atoms with van der Waals surface area (Å²) in [6.45, 7) is 7.82. The summed E-state index contributed by atoms with van der Waals surface area (Å²) in [5, 5.41) is 2.68. The highest BCUT2D eigenvalue weighted by Gasteiger charge is 2.30. The normalized spacial score (nSPS) is 13.9. The first-order chi connectivity index (χ1) is 10.6. The Morgan fingerprint density at radius 3 is 2.21 bits per heavy atom. The van der Waals surface area contributed by atoms with Crippen LogP contribution in [-0.4, -0.2) is 26.4 Å². The fraction of sp³-hybridized carbons (Fsp3) is 0.562. The molecule has 1 unspecified atom stereocenters. The molecule has 0 aliphatic rings. The Hall–Kier alpha value is -1.15. The van der Waals surface area contributed by atoms with Gasteiger partial charge in [0.05, 0.1) is 4.90 Å². The minimum Gasteiger partial charge on any atom is -0.329 e. The molecule has 1 aromatic carbocycles. The standard InChI is InChI=1S/C16H27N3O3S.ClH/c1-5-15(20)18-13-6-8-14(9-7-13)23(21,22)19-16(4,11-17)10-12(2)3;/h6-9,12,19H,5,10-11,17H2,1-4H3,(H,18,20);1H. The number of carbonyl (C=O) groups excluding carboxylic acids is 1. The van der Waals surface area contributed by atoms with Crippen LogP contribution < -0.4 is 15.8 Å². The van der Waals surface area contributed by atoms with Crippen molar-refractivity contribution < 1.29 is 13.2 Å². The van der Waals surface area contributed by atoms with E-state index in [4.69, 9.17) is 5.73 Å². The van der Waals surface area contributed by atoms with Crippen LogP contribution in [0.1, 0.15) is 40.5 Å². The van der Waals surface area contributed by atoms with Crippen LogP contribution in [0.3, 0.4) is 0 Å². The average Bonchev–Trinajstić information content (AvgIpc) is 2.46. The summed E-state index contributed by atoms with van der Waals surface area (Å²) in [5.41, 5.74) is 5.64. The highest BCUT2D eigenvalue weighted by molar-refractivity contribution is 7.89. The molecule has 0 radical (unpaired) electrons. The molecule has 0 saturated heterocycles. The Balaban J connectivity index is 0.00000529. The summed E-state index contributed by atoms with van der Waals surface area (Å²) >= 11 is 0. The van der Waals surface area contributed by atoms with Gasteiger partial charge >= 0.3 is 0 Å². The number of hydrogen-bond acceptors (Lipinski definition) is 4. The van der Waals surface area contributed by atoms with E-state index in [0.29, 0.717) is 24.4 Å². The molecule has 6 nitrogen and oxygen atoms in total. The molecule has 0 aliphatic carbocycles. The first-order valence-corrected chi connectivity index (χ1v) is 9.24. The number of anilines is 1. The molecular formula is C16H28ClN3O3S. The summed E-state index contributed by atoms with van der Waals surface area (Å²) in [7, 11) is -3.67. The number of hydrogen-bond donors (Lipinski definition) is 3. The third-order valence-electron chi connectivity index (χ3n) is 3.46. The number of halogens is 1. The largest absolute Gasteiger partial charge is 0.329 e. The van der Waals surface area contributed by atoms with E-state index in [1.807, 2.05) is 13.8 Å². The van der Waals surface area contributed by atoms with Crippen LogP contribution in [0.2, 0.25) is 0 Å². The van der Waals surface area contributed by atoms with Gasteiger partial charge in [-0.15, -0.1) is 12.4 Å². The number of amides is 1. The number of carbonyl (C=O) groups is 1. The van der Waals surface area contributed by atoms with Gasteiger partial charge in [-0.1, -0.05) is 20.8 Å². The van der Waals surface area contributed by atoms with E-state index in [2.05, 4.69) is 10.0 Å². The van der Waals surface area contributed by atoms with Gasteiger partial charge in [-0.3, -0.25) is 4.79 Å². The lowest BCUT2D eigenvalue weighted by Gasteiger charge is -2.30. The van der Waals surface area contributed by atoms with Crippen LogP contribution in [0.25, 0.3) is 0 Å². The van der Waals surface area contributed by atoms with Crippen molar-refractivity contribution in [3.05, 3.63) is 24.3 Å². The Morgan fingerprint density at radius 1 is 1.25 bits per heavy atom. The maximum atomic E-state index is 12.5. The van der Waals surface area contributed by atoms with Crippen molar-refractivity contribution >= 4 is 34.0 Å². The maximum absolute atomic E-state index is 12.5. The molecule has 0 heterocycles. The fourth-order valence-corrected chi connectivity index (χ4v) is 3.85. The highest BCUT2D eigenvalue weighted by atomic mass is 35.5. The van der Waals surface area contributed by atoms with E-state index in [0.717, 1.165) is 0 Å². The van der Waals surface area contributed by atoms with Gasteiger partial charge in [0.25, 0.3) is 0 Å². The molecule has 1 amide bonds. The molecular weight excluding hydrogens is 350 g/mol. The second-order valence-corrected chi connectivity index (χ2v) is 8.08. The molecule has 1 atom stereocenters. The summed E-state index contributed by atoms with van der Waals surface area (Å²) in [5.74, 6) is 0.198. The summed E-state index contributed by atoms with van der Waals surface area (Å²) < 4.78 is 27.7. The van der Waals surface area contributed by atoms with E-state index < -0.39 is 15.6 Å². The summed E-state index contributed by atoms with van der Waals surface area (Å²) in [4.78, 5) is 11.5. The van der Waals surface area contributed by atoms with Crippen molar-refractivity contribution in [2.24, 2.45) is 11.7 Å². The van der Waals surface area contributed by atoms with Crippen LogP contribution in [-0.2, 0) is 14.8 Å². The predicted octanol–water partition coefficient (Wildman–Crippen LogP) is 2.50. The third kappa shape index (κ3) is 6.76. The number of nitrogens with two attached hydrogens (primary N) is 1. The van der Waals surface area contributed by atoms with Crippen LogP contribution in [0.15, 0.2) is 29.2 Å². The van der Waals surface area contributed by atoms with Crippen molar-refractivity contribution in [3.63, 3.8) is 0 Å². The quantitative estimate of drug-likeness (QED) is 0.647. The lowest BCUT2D eigenvalue weighted by Crippen LogP contribution is -2.51. The highest BCUT2D eigenvalue weighted by Crippen LogP contribution is 2.20.